The van der Waals surface area contributed by atoms with Gasteiger partial charge in [0.25, 0.3) is 0 Å². The highest BCUT2D eigenvalue weighted by Crippen LogP contribution is 2.30. The van der Waals surface area contributed by atoms with Gasteiger partial charge in [0.2, 0.25) is 0 Å². The number of nitrogens with one attached hydrogen (secondary N) is 1. The number of halogens is 1. The van der Waals surface area contributed by atoms with E-state index in [1.807, 2.05) is 11.0 Å². The first-order valence-corrected chi connectivity index (χ1v) is 8.40. The number of hydrogen-bond donors (Lipinski definition) is 1. The number of benzene rings is 2. The molecule has 0 saturated carbocycles. The lowest BCUT2D eigenvalue weighted by molar-refractivity contribution is 0.208. The van der Waals surface area contributed by atoms with Crippen molar-refractivity contribution in [3.05, 3.63) is 48.3 Å². The second-order valence-electron chi connectivity index (χ2n) is 5.93. The molecule has 2 aromatic carbocycles. The molecular weight excluding hydrogens is 337 g/mol. The maximum Gasteiger partial charge on any atom is 0.321 e. The number of carbonyl (C=O) groups is 1. The van der Waals surface area contributed by atoms with Crippen LogP contribution in [0, 0.1) is 5.82 Å². The van der Waals surface area contributed by atoms with Crippen LogP contribution in [0.15, 0.2) is 42.5 Å². The summed E-state index contributed by atoms with van der Waals surface area (Å²) in [5.41, 5.74) is 1.21. The summed E-state index contributed by atoms with van der Waals surface area (Å²) in [6.07, 6.45) is 0. The van der Waals surface area contributed by atoms with Crippen molar-refractivity contribution in [2.75, 3.05) is 50.6 Å². The van der Waals surface area contributed by atoms with Crippen molar-refractivity contribution in [3.8, 4) is 11.5 Å². The Morgan fingerprint density at radius 2 is 1.69 bits per heavy atom. The molecule has 6 nitrogen and oxygen atoms in total. The number of para-hydroxylation sites is 1. The molecule has 0 radical (unpaired) electrons. The highest BCUT2D eigenvalue weighted by molar-refractivity contribution is 5.90. The summed E-state index contributed by atoms with van der Waals surface area (Å²) in [6, 6.07) is 11.7. The van der Waals surface area contributed by atoms with Crippen molar-refractivity contribution in [2.45, 2.75) is 0 Å². The number of methoxy groups -OCH3 is 2. The molecule has 1 aliphatic heterocycles. The molecule has 0 aliphatic carbocycles. The van der Waals surface area contributed by atoms with Gasteiger partial charge >= 0.3 is 6.03 Å². The first-order valence-electron chi connectivity index (χ1n) is 8.40. The van der Waals surface area contributed by atoms with Gasteiger partial charge in [0.15, 0.2) is 11.5 Å². The van der Waals surface area contributed by atoms with Crippen molar-refractivity contribution < 1.29 is 18.7 Å². The Morgan fingerprint density at radius 1 is 1.00 bits per heavy atom. The molecule has 0 unspecified atom stereocenters. The van der Waals surface area contributed by atoms with Gasteiger partial charge < -0.3 is 24.6 Å². The normalized spacial score (nSPS) is 14.1. The molecule has 1 fully saturated rings. The molecule has 0 spiro atoms. The Morgan fingerprint density at radius 3 is 2.35 bits per heavy atom. The molecule has 1 saturated heterocycles. The molecule has 3 rings (SSSR count). The fourth-order valence-corrected chi connectivity index (χ4v) is 2.98. The number of amides is 2. The van der Waals surface area contributed by atoms with Crippen LogP contribution in [0.25, 0.3) is 0 Å². The number of rotatable bonds is 4. The minimum absolute atomic E-state index is 0.189. The fraction of sp³-hybridized carbons (Fsp3) is 0.316. The Labute approximate surface area is 152 Å². The third-order valence-corrected chi connectivity index (χ3v) is 4.39. The van der Waals surface area contributed by atoms with Crippen molar-refractivity contribution in [1.29, 1.82) is 0 Å². The highest BCUT2D eigenvalue weighted by atomic mass is 19.1. The van der Waals surface area contributed by atoms with E-state index in [0.29, 0.717) is 49.1 Å². The average molecular weight is 359 g/mol. The van der Waals surface area contributed by atoms with Crippen molar-refractivity contribution >= 4 is 17.4 Å². The van der Waals surface area contributed by atoms with Crippen LogP contribution in [0.5, 0.6) is 11.5 Å². The summed E-state index contributed by atoms with van der Waals surface area (Å²) in [5, 5.41) is 2.86. The number of nitrogens with zero attached hydrogens (tertiary/aromatic N) is 2. The lowest BCUT2D eigenvalue weighted by Gasteiger charge is -2.36. The van der Waals surface area contributed by atoms with Crippen LogP contribution in [-0.2, 0) is 0 Å². The van der Waals surface area contributed by atoms with Gasteiger partial charge in [0.05, 0.1) is 19.9 Å². The molecule has 1 N–H and O–H groups in total. The smallest absolute Gasteiger partial charge is 0.321 e. The van der Waals surface area contributed by atoms with Gasteiger partial charge in [-0.1, -0.05) is 12.1 Å². The van der Waals surface area contributed by atoms with Crippen LogP contribution in [0.2, 0.25) is 0 Å². The second kappa shape index (κ2) is 7.95. The third kappa shape index (κ3) is 3.82. The highest BCUT2D eigenvalue weighted by Gasteiger charge is 2.23. The van der Waals surface area contributed by atoms with E-state index in [1.165, 1.54) is 6.07 Å². The number of urea groups is 1. The summed E-state index contributed by atoms with van der Waals surface area (Å²) < 4.78 is 24.3. The molecule has 0 atom stereocenters. The van der Waals surface area contributed by atoms with E-state index in [4.69, 9.17) is 9.47 Å². The Kier molecular flexibility index (Phi) is 5.46. The van der Waals surface area contributed by atoms with E-state index in [2.05, 4.69) is 5.32 Å². The van der Waals surface area contributed by atoms with E-state index in [0.717, 1.165) is 0 Å². The van der Waals surface area contributed by atoms with Gasteiger partial charge in [-0.2, -0.15) is 0 Å². The summed E-state index contributed by atoms with van der Waals surface area (Å²) in [6.45, 7) is 2.21. The largest absolute Gasteiger partial charge is 0.493 e. The van der Waals surface area contributed by atoms with Gasteiger partial charge in [-0.25, -0.2) is 9.18 Å². The number of ether oxygens (including phenoxy) is 2. The number of anilines is 2. The van der Waals surface area contributed by atoms with Crippen molar-refractivity contribution in [1.82, 2.24) is 4.90 Å². The zero-order chi connectivity index (χ0) is 18.5. The van der Waals surface area contributed by atoms with Gasteiger partial charge in [-0.05, 0) is 24.3 Å². The predicted octanol–water partition coefficient (Wildman–Crippen LogP) is 3.20. The maximum absolute atomic E-state index is 13.9. The van der Waals surface area contributed by atoms with Crippen LogP contribution in [0.1, 0.15) is 0 Å². The standard InChI is InChI=1S/C19H22FN3O3/c1-25-17-8-7-14(13-18(17)26-2)21-19(24)23-11-9-22(10-12-23)16-6-4-3-5-15(16)20/h3-8,13H,9-12H2,1-2H3,(H,21,24). The quantitative estimate of drug-likeness (QED) is 0.911. The number of hydrogen-bond acceptors (Lipinski definition) is 4. The first-order chi connectivity index (χ1) is 12.6. The molecule has 26 heavy (non-hydrogen) atoms. The van der Waals surface area contributed by atoms with Gasteiger partial charge in [0, 0.05) is 37.9 Å². The van der Waals surface area contributed by atoms with Gasteiger partial charge in [-0.3, -0.25) is 0 Å². The van der Waals surface area contributed by atoms with Crippen LogP contribution in [0.4, 0.5) is 20.6 Å². The van der Waals surface area contributed by atoms with Crippen LogP contribution in [-0.4, -0.2) is 51.3 Å². The Balaban J connectivity index is 1.60. The maximum atomic E-state index is 13.9. The molecule has 138 valence electrons. The van der Waals surface area contributed by atoms with Crippen molar-refractivity contribution in [3.63, 3.8) is 0 Å². The molecule has 0 bridgehead atoms. The molecule has 0 aromatic heterocycles. The minimum atomic E-state index is -0.240. The van der Waals surface area contributed by atoms with Gasteiger partial charge in [0.1, 0.15) is 5.82 Å². The lowest BCUT2D eigenvalue weighted by Crippen LogP contribution is -2.50. The molecule has 2 amide bonds. The van der Waals surface area contributed by atoms with E-state index < -0.39 is 0 Å². The molecule has 1 heterocycles. The van der Waals surface area contributed by atoms with E-state index in [-0.39, 0.29) is 11.8 Å². The van der Waals surface area contributed by atoms with E-state index in [9.17, 15) is 9.18 Å². The Bertz CT molecular complexity index is 776. The number of piperazine rings is 1. The van der Waals surface area contributed by atoms with Gasteiger partial charge in [-0.15, -0.1) is 0 Å². The van der Waals surface area contributed by atoms with Crippen LogP contribution >= 0.6 is 0 Å². The van der Waals surface area contributed by atoms with Crippen molar-refractivity contribution in [2.24, 2.45) is 0 Å². The lowest BCUT2D eigenvalue weighted by atomic mass is 10.2. The summed E-state index contributed by atoms with van der Waals surface area (Å²) in [7, 11) is 3.11. The summed E-state index contributed by atoms with van der Waals surface area (Å²) in [4.78, 5) is 16.2. The molecule has 1 aliphatic rings. The summed E-state index contributed by atoms with van der Waals surface area (Å²) >= 11 is 0. The number of carbonyl (C=O) groups excluding carboxylic acids is 1. The van der Waals surface area contributed by atoms with Crippen LogP contribution in [0.3, 0.4) is 0 Å². The Hall–Kier alpha value is -2.96. The first kappa shape index (κ1) is 17.8. The third-order valence-electron chi connectivity index (χ3n) is 4.39. The SMILES string of the molecule is COc1ccc(NC(=O)N2CCN(c3ccccc3F)CC2)cc1OC. The zero-order valence-corrected chi connectivity index (χ0v) is 14.9. The topological polar surface area (TPSA) is 54.0 Å². The summed E-state index contributed by atoms with van der Waals surface area (Å²) in [5.74, 6) is 0.911. The fourth-order valence-electron chi connectivity index (χ4n) is 2.98. The second-order valence-corrected chi connectivity index (χ2v) is 5.93. The average Bonchev–Trinajstić information content (AvgIpc) is 2.68. The monoisotopic (exact) mass is 359 g/mol. The molecular formula is C19H22FN3O3. The van der Waals surface area contributed by atoms with E-state index in [1.54, 1.807) is 49.5 Å². The minimum Gasteiger partial charge on any atom is -0.493 e. The zero-order valence-electron chi connectivity index (χ0n) is 14.9. The predicted molar refractivity (Wildman–Crippen MR) is 98.8 cm³/mol. The van der Waals surface area contributed by atoms with E-state index >= 15 is 0 Å². The van der Waals surface area contributed by atoms with Crippen LogP contribution < -0.4 is 19.7 Å². The molecule has 2 aromatic rings. The molecule has 7 heteroatoms.